The molecule has 1 aliphatic heterocycles. The van der Waals surface area contributed by atoms with Gasteiger partial charge >= 0.3 is 0 Å². The molecule has 0 radical (unpaired) electrons. The lowest BCUT2D eigenvalue weighted by Gasteiger charge is -2.24. The first-order valence-corrected chi connectivity index (χ1v) is 9.48. The van der Waals surface area contributed by atoms with Gasteiger partial charge in [-0.05, 0) is 43.4 Å². The van der Waals surface area contributed by atoms with Gasteiger partial charge < -0.3 is 14.2 Å². The molecular formula is C20H25N5O2. The zero-order valence-corrected chi connectivity index (χ0v) is 15.6. The van der Waals surface area contributed by atoms with Crippen molar-refractivity contribution in [2.45, 2.75) is 25.8 Å². The van der Waals surface area contributed by atoms with E-state index >= 15 is 0 Å². The van der Waals surface area contributed by atoms with Crippen molar-refractivity contribution in [3.05, 3.63) is 48.0 Å². The highest BCUT2D eigenvalue weighted by atomic mass is 16.5. The number of fused-ring (bicyclic) bond motifs is 1. The number of carbonyl (C=O) groups is 1. The Labute approximate surface area is 158 Å². The van der Waals surface area contributed by atoms with Crippen molar-refractivity contribution in [2.75, 3.05) is 26.8 Å². The number of H-pyrrole nitrogens is 1. The van der Waals surface area contributed by atoms with Crippen LogP contribution >= 0.6 is 0 Å². The van der Waals surface area contributed by atoms with Gasteiger partial charge in [-0.15, -0.1) is 0 Å². The summed E-state index contributed by atoms with van der Waals surface area (Å²) in [6.45, 7) is 3.03. The van der Waals surface area contributed by atoms with Crippen LogP contribution in [0.5, 0.6) is 0 Å². The van der Waals surface area contributed by atoms with Crippen LogP contribution in [-0.2, 0) is 11.3 Å². The first-order chi connectivity index (χ1) is 13.2. The van der Waals surface area contributed by atoms with Crippen LogP contribution in [0.3, 0.4) is 0 Å². The first kappa shape index (κ1) is 17.7. The smallest absolute Gasteiger partial charge is 0.274 e. The fourth-order valence-corrected chi connectivity index (χ4v) is 3.58. The summed E-state index contributed by atoms with van der Waals surface area (Å²) in [5, 5.41) is 7.21. The number of nitrogens with one attached hydrogen (secondary N) is 1. The fraction of sp³-hybridized carbons (Fsp3) is 0.450. The second-order valence-corrected chi connectivity index (χ2v) is 7.21. The predicted molar refractivity (Wildman–Crippen MR) is 103 cm³/mol. The maximum absolute atomic E-state index is 12.6. The van der Waals surface area contributed by atoms with E-state index in [-0.39, 0.29) is 5.91 Å². The Morgan fingerprint density at radius 1 is 1.33 bits per heavy atom. The molecule has 0 saturated carbocycles. The Morgan fingerprint density at radius 3 is 3.00 bits per heavy atom. The number of hydrogen-bond acceptors (Lipinski definition) is 4. The lowest BCUT2D eigenvalue weighted by Crippen LogP contribution is -2.30. The van der Waals surface area contributed by atoms with Crippen LogP contribution in [0.25, 0.3) is 11.0 Å². The molecule has 0 spiro atoms. The molecule has 0 unspecified atom stereocenters. The van der Waals surface area contributed by atoms with Gasteiger partial charge in [-0.2, -0.15) is 5.10 Å². The van der Waals surface area contributed by atoms with E-state index in [9.17, 15) is 4.79 Å². The summed E-state index contributed by atoms with van der Waals surface area (Å²) in [4.78, 5) is 18.8. The molecule has 1 fully saturated rings. The Balaban J connectivity index is 1.37. The number of aromatic amines is 1. The minimum absolute atomic E-state index is 0.0416. The standard InChI is InChI=1S/C20H25N5O2/c1-24(9-6-15-7-10-27-11-8-15)20(26)18-12-16(22-23-18)13-25-14-21-17-4-2-3-5-19(17)25/h2-5,12,14-15H,6-11,13H2,1H3,(H,22,23). The van der Waals surface area contributed by atoms with Crippen LogP contribution in [0.15, 0.2) is 36.7 Å². The number of nitrogens with zero attached hydrogens (tertiary/aromatic N) is 4. The Morgan fingerprint density at radius 2 is 2.15 bits per heavy atom. The fourth-order valence-electron chi connectivity index (χ4n) is 3.58. The Hall–Kier alpha value is -2.67. The number of hydrogen-bond donors (Lipinski definition) is 1. The van der Waals surface area contributed by atoms with Crippen molar-refractivity contribution in [1.29, 1.82) is 0 Å². The van der Waals surface area contributed by atoms with Crippen LogP contribution in [0.2, 0.25) is 0 Å². The highest BCUT2D eigenvalue weighted by Crippen LogP contribution is 2.19. The third-order valence-corrected chi connectivity index (χ3v) is 5.28. The molecule has 1 N–H and O–H groups in total. The van der Waals surface area contributed by atoms with Crippen LogP contribution in [0.1, 0.15) is 35.4 Å². The quantitative estimate of drug-likeness (QED) is 0.727. The second kappa shape index (κ2) is 7.92. The van der Waals surface area contributed by atoms with E-state index in [0.29, 0.717) is 18.2 Å². The molecule has 0 bridgehead atoms. The number of ether oxygens (including phenoxy) is 1. The van der Waals surface area contributed by atoms with Crippen LogP contribution in [0, 0.1) is 5.92 Å². The molecule has 7 nitrogen and oxygen atoms in total. The van der Waals surface area contributed by atoms with Crippen LogP contribution in [-0.4, -0.2) is 57.4 Å². The monoisotopic (exact) mass is 367 g/mol. The van der Waals surface area contributed by atoms with Crippen molar-refractivity contribution in [3.8, 4) is 0 Å². The van der Waals surface area contributed by atoms with Crippen LogP contribution < -0.4 is 0 Å². The van der Waals surface area contributed by atoms with Gasteiger partial charge in [0.15, 0.2) is 0 Å². The Kier molecular flexibility index (Phi) is 5.20. The number of benzene rings is 1. The molecule has 2 aromatic heterocycles. The highest BCUT2D eigenvalue weighted by molar-refractivity contribution is 5.92. The van der Waals surface area contributed by atoms with E-state index in [1.165, 1.54) is 0 Å². The van der Waals surface area contributed by atoms with Gasteiger partial charge in [-0.25, -0.2) is 4.98 Å². The Bertz CT molecular complexity index is 910. The van der Waals surface area contributed by atoms with E-state index in [1.54, 1.807) is 4.90 Å². The van der Waals surface area contributed by atoms with E-state index < -0.39 is 0 Å². The number of para-hydroxylation sites is 2. The summed E-state index contributed by atoms with van der Waals surface area (Å²) in [5.41, 5.74) is 3.37. The van der Waals surface area contributed by atoms with Gasteiger partial charge in [0.2, 0.25) is 0 Å². The average Bonchev–Trinajstić information content (AvgIpc) is 3.34. The first-order valence-electron chi connectivity index (χ1n) is 9.48. The van der Waals surface area contributed by atoms with Gasteiger partial charge in [0.25, 0.3) is 5.91 Å². The molecule has 3 aromatic rings. The minimum Gasteiger partial charge on any atom is -0.381 e. The summed E-state index contributed by atoms with van der Waals surface area (Å²) >= 11 is 0. The number of imidazole rings is 1. The highest BCUT2D eigenvalue weighted by Gasteiger charge is 2.19. The zero-order valence-electron chi connectivity index (χ0n) is 15.6. The number of carbonyl (C=O) groups excluding carboxylic acids is 1. The molecule has 1 aromatic carbocycles. The van der Waals surface area contributed by atoms with Crippen molar-refractivity contribution in [3.63, 3.8) is 0 Å². The molecule has 0 aliphatic carbocycles. The minimum atomic E-state index is -0.0416. The number of aromatic nitrogens is 4. The summed E-state index contributed by atoms with van der Waals surface area (Å²) in [6, 6.07) is 9.83. The van der Waals surface area contributed by atoms with E-state index in [2.05, 4.69) is 15.2 Å². The third-order valence-electron chi connectivity index (χ3n) is 5.28. The van der Waals surface area contributed by atoms with Crippen LogP contribution in [0.4, 0.5) is 0 Å². The number of rotatable bonds is 6. The molecular weight excluding hydrogens is 342 g/mol. The van der Waals surface area contributed by atoms with Gasteiger partial charge in [0.1, 0.15) is 5.69 Å². The lowest BCUT2D eigenvalue weighted by atomic mass is 9.96. The molecule has 1 aliphatic rings. The number of amides is 1. The predicted octanol–water partition coefficient (Wildman–Crippen LogP) is 2.70. The van der Waals surface area contributed by atoms with E-state index in [0.717, 1.165) is 55.7 Å². The van der Waals surface area contributed by atoms with Crippen molar-refractivity contribution in [2.24, 2.45) is 5.92 Å². The summed E-state index contributed by atoms with van der Waals surface area (Å²) in [7, 11) is 1.85. The molecule has 1 saturated heterocycles. The summed E-state index contributed by atoms with van der Waals surface area (Å²) < 4.78 is 7.44. The largest absolute Gasteiger partial charge is 0.381 e. The van der Waals surface area contributed by atoms with Crippen molar-refractivity contribution < 1.29 is 9.53 Å². The molecule has 27 heavy (non-hydrogen) atoms. The second-order valence-electron chi connectivity index (χ2n) is 7.21. The van der Waals surface area contributed by atoms with E-state index in [1.807, 2.05) is 48.3 Å². The van der Waals surface area contributed by atoms with Crippen molar-refractivity contribution >= 4 is 16.9 Å². The molecule has 7 heteroatoms. The molecule has 3 heterocycles. The summed E-state index contributed by atoms with van der Waals surface area (Å²) in [5.74, 6) is 0.610. The van der Waals surface area contributed by atoms with E-state index in [4.69, 9.17) is 4.74 Å². The average molecular weight is 367 g/mol. The summed E-state index contributed by atoms with van der Waals surface area (Å²) in [6.07, 6.45) is 5.01. The molecule has 4 rings (SSSR count). The van der Waals surface area contributed by atoms with Gasteiger partial charge in [-0.1, -0.05) is 12.1 Å². The van der Waals surface area contributed by atoms with Gasteiger partial charge in [-0.3, -0.25) is 9.89 Å². The van der Waals surface area contributed by atoms with Gasteiger partial charge in [0.05, 0.1) is 29.6 Å². The SMILES string of the molecule is CN(CCC1CCOCC1)C(=O)c1cc(Cn2cnc3ccccc32)[nH]n1. The van der Waals surface area contributed by atoms with Gasteiger partial charge in [0, 0.05) is 26.8 Å². The molecule has 142 valence electrons. The zero-order chi connectivity index (χ0) is 18.6. The maximum Gasteiger partial charge on any atom is 0.274 e. The van der Waals surface area contributed by atoms with Crippen molar-refractivity contribution in [1.82, 2.24) is 24.6 Å². The molecule has 0 atom stereocenters. The molecule has 1 amide bonds. The maximum atomic E-state index is 12.6. The normalized spacial score (nSPS) is 15.3. The third kappa shape index (κ3) is 4.03. The lowest BCUT2D eigenvalue weighted by molar-refractivity contribution is 0.0582. The topological polar surface area (TPSA) is 76.0 Å².